The topological polar surface area (TPSA) is 120 Å². The van der Waals surface area contributed by atoms with Gasteiger partial charge in [-0.2, -0.15) is 13.2 Å². The van der Waals surface area contributed by atoms with Crippen LogP contribution in [0.2, 0.25) is 0 Å². The second-order valence-electron chi connectivity index (χ2n) is 10.2. The van der Waals surface area contributed by atoms with Gasteiger partial charge in [0.25, 0.3) is 0 Å². The van der Waals surface area contributed by atoms with Crippen molar-refractivity contribution in [1.82, 2.24) is 4.90 Å². The van der Waals surface area contributed by atoms with E-state index in [0.29, 0.717) is 18.4 Å². The first kappa shape index (κ1) is 33.4. The monoisotopic (exact) mass is 641 g/mol. The summed E-state index contributed by atoms with van der Waals surface area (Å²) in [5, 5.41) is 41.5. The number of halogens is 3. The summed E-state index contributed by atoms with van der Waals surface area (Å²) in [7, 11) is 2.02. The van der Waals surface area contributed by atoms with E-state index < -0.39 is 60.3 Å². The first-order valence-corrected chi connectivity index (χ1v) is 16.1. The number of hydrogen-bond acceptors (Lipinski definition) is 9. The third kappa shape index (κ3) is 8.35. The van der Waals surface area contributed by atoms with Gasteiger partial charge in [0.05, 0.1) is 18.2 Å². The molecule has 1 saturated heterocycles. The molecule has 0 spiro atoms. The lowest BCUT2D eigenvalue weighted by molar-refractivity contribution is -0.205. The predicted octanol–water partition coefficient (Wildman–Crippen LogP) is 5.13. The summed E-state index contributed by atoms with van der Waals surface area (Å²) in [5.74, 6) is -0.148. The minimum Gasteiger partial charge on any atom is -0.437 e. The first-order valence-electron chi connectivity index (χ1n) is 13.7. The average Bonchev–Trinajstić information content (AvgIpc) is 3.00. The molecule has 3 aromatic carbocycles. The van der Waals surface area contributed by atoms with Crippen molar-refractivity contribution in [2.45, 2.75) is 61.8 Å². The molecule has 13 heteroatoms. The third-order valence-electron chi connectivity index (χ3n) is 7.34. The Morgan fingerprint density at radius 3 is 2.49 bits per heavy atom. The zero-order valence-electron chi connectivity index (χ0n) is 23.3. The van der Waals surface area contributed by atoms with Crippen LogP contribution in [0, 0.1) is 0 Å². The molecule has 0 saturated carbocycles. The molecule has 8 nitrogen and oxygen atoms in total. The van der Waals surface area contributed by atoms with Crippen LogP contribution in [0.5, 0.6) is 0 Å². The Hall–Kier alpha value is -2.52. The van der Waals surface area contributed by atoms with Gasteiger partial charge >= 0.3 is 12.3 Å². The molecule has 1 heterocycles. The fourth-order valence-electron chi connectivity index (χ4n) is 4.98. The molecule has 1 aliphatic rings. The van der Waals surface area contributed by atoms with Crippen LogP contribution in [-0.2, 0) is 22.1 Å². The fraction of sp³-hybridized carbons (Fsp3) is 0.433. The van der Waals surface area contributed by atoms with E-state index in [1.165, 1.54) is 11.0 Å². The van der Waals surface area contributed by atoms with Crippen LogP contribution < -0.4 is 0 Å². The van der Waals surface area contributed by atoms with Crippen molar-refractivity contribution < 1.29 is 47.9 Å². The summed E-state index contributed by atoms with van der Waals surface area (Å²) in [5.41, 5.74) is -0.318. The summed E-state index contributed by atoms with van der Waals surface area (Å²) >= 11 is 0. The number of ether oxygens (including phenoxy) is 2. The number of alkyl halides is 3. The molecule has 0 radical (unpaired) electrons. The zero-order chi connectivity index (χ0) is 31.1. The molecular formula is C30H34F3NO7S2. The van der Waals surface area contributed by atoms with Gasteiger partial charge in [0, 0.05) is 6.54 Å². The van der Waals surface area contributed by atoms with Gasteiger partial charge < -0.3 is 34.8 Å². The highest BCUT2D eigenvalue weighted by Gasteiger charge is 2.43. The molecule has 0 aliphatic carbocycles. The SMILES string of the molecule is C[C@H](c1cccc2ccccc12)N(CCCc1cccc(C(F)(F)F)c1)C(=O)OCSS[C@@H]1O[C@H](CO)[C@@H](O)[C@H](O)[C@H]1O. The molecule has 1 fully saturated rings. The number of carbonyl (C=O) groups excluding carboxylic acids is 1. The van der Waals surface area contributed by atoms with Crippen LogP contribution in [0.25, 0.3) is 10.8 Å². The van der Waals surface area contributed by atoms with Gasteiger partial charge in [-0.1, -0.05) is 71.5 Å². The number of amides is 1. The van der Waals surface area contributed by atoms with Gasteiger partial charge in [-0.3, -0.25) is 0 Å². The number of fused-ring (bicyclic) bond motifs is 1. The maximum absolute atomic E-state index is 13.4. The first-order chi connectivity index (χ1) is 20.5. The molecule has 0 bridgehead atoms. The van der Waals surface area contributed by atoms with Gasteiger partial charge in [0.2, 0.25) is 0 Å². The van der Waals surface area contributed by atoms with E-state index in [2.05, 4.69) is 0 Å². The Morgan fingerprint density at radius 2 is 1.74 bits per heavy atom. The van der Waals surface area contributed by atoms with Gasteiger partial charge in [-0.05, 0) is 58.5 Å². The van der Waals surface area contributed by atoms with Crippen LogP contribution in [0.4, 0.5) is 18.0 Å². The quantitative estimate of drug-likeness (QED) is 0.128. The number of aliphatic hydroxyl groups is 4. The molecule has 0 aromatic heterocycles. The van der Waals surface area contributed by atoms with Crippen molar-refractivity contribution in [2.75, 3.05) is 19.1 Å². The highest BCUT2D eigenvalue weighted by molar-refractivity contribution is 8.76. The van der Waals surface area contributed by atoms with Crippen LogP contribution in [0.15, 0.2) is 66.7 Å². The maximum atomic E-state index is 13.4. The van der Waals surface area contributed by atoms with Crippen LogP contribution in [0.3, 0.4) is 0 Å². The molecular weight excluding hydrogens is 607 g/mol. The minimum absolute atomic E-state index is 0.148. The summed E-state index contributed by atoms with van der Waals surface area (Å²) < 4.78 is 50.5. The number of carbonyl (C=O) groups is 1. The molecule has 4 rings (SSSR count). The highest BCUT2D eigenvalue weighted by atomic mass is 33.1. The summed E-state index contributed by atoms with van der Waals surface area (Å²) in [6.07, 6.45) is -9.83. The Balaban J connectivity index is 1.43. The van der Waals surface area contributed by atoms with E-state index >= 15 is 0 Å². The van der Waals surface area contributed by atoms with Gasteiger partial charge in [-0.25, -0.2) is 4.79 Å². The van der Waals surface area contributed by atoms with Gasteiger partial charge in [0.1, 0.15) is 35.8 Å². The normalized spacial score (nSPS) is 23.2. The average molecular weight is 642 g/mol. The lowest BCUT2D eigenvalue weighted by atomic mass is 9.98. The number of rotatable bonds is 11. The van der Waals surface area contributed by atoms with E-state index in [4.69, 9.17) is 9.47 Å². The maximum Gasteiger partial charge on any atom is 0.416 e. The van der Waals surface area contributed by atoms with Crippen molar-refractivity contribution in [2.24, 2.45) is 0 Å². The second-order valence-corrected chi connectivity index (χ2v) is 12.6. The minimum atomic E-state index is -4.44. The number of aliphatic hydroxyl groups excluding tert-OH is 4. The number of benzene rings is 3. The lowest BCUT2D eigenvalue weighted by Crippen LogP contribution is -2.57. The molecule has 234 valence electrons. The van der Waals surface area contributed by atoms with Crippen molar-refractivity contribution in [1.29, 1.82) is 0 Å². The lowest BCUT2D eigenvalue weighted by Gasteiger charge is -2.39. The number of hydrogen-bond donors (Lipinski definition) is 4. The van der Waals surface area contributed by atoms with Gasteiger partial charge in [-0.15, -0.1) is 0 Å². The Kier molecular flexibility index (Phi) is 11.6. The smallest absolute Gasteiger partial charge is 0.416 e. The van der Waals surface area contributed by atoms with Crippen LogP contribution in [0.1, 0.15) is 36.1 Å². The van der Waals surface area contributed by atoms with E-state index in [1.54, 1.807) is 6.07 Å². The summed E-state index contributed by atoms with van der Waals surface area (Å²) in [6.45, 7) is 1.52. The van der Waals surface area contributed by atoms with Crippen molar-refractivity contribution in [3.05, 3.63) is 83.4 Å². The molecule has 1 amide bonds. The third-order valence-corrected chi connectivity index (χ3v) is 9.53. The van der Waals surface area contributed by atoms with E-state index in [0.717, 1.165) is 50.1 Å². The van der Waals surface area contributed by atoms with E-state index in [-0.39, 0.29) is 12.5 Å². The molecule has 3 aromatic rings. The fourth-order valence-corrected chi connectivity index (χ4v) is 6.97. The number of aryl methyl sites for hydroxylation is 1. The van der Waals surface area contributed by atoms with Crippen LogP contribution >= 0.6 is 21.6 Å². The van der Waals surface area contributed by atoms with Gasteiger partial charge in [0.15, 0.2) is 0 Å². The predicted molar refractivity (Wildman–Crippen MR) is 159 cm³/mol. The standard InChI is InChI=1S/C30H34F3NO7S2/c1-18(22-13-5-10-20-9-2-3-12-23(20)22)34(14-6-8-19-7-4-11-21(15-19)30(31,32)33)29(39)40-17-42-43-28-27(38)26(37)25(36)24(16-35)41-28/h2-5,7,9-13,15,18,24-28,35-38H,6,8,14,16-17H2,1H3/t18-,24-,25-,26+,27-,28+/m1/s1. The molecule has 1 aliphatic heterocycles. The molecule has 0 unspecified atom stereocenters. The Bertz CT molecular complexity index is 1360. The Labute approximate surface area is 255 Å². The Morgan fingerprint density at radius 1 is 1.02 bits per heavy atom. The highest BCUT2D eigenvalue weighted by Crippen LogP contribution is 2.36. The molecule has 4 N–H and O–H groups in total. The molecule has 6 atom stereocenters. The second kappa shape index (κ2) is 15.0. The van der Waals surface area contributed by atoms with E-state index in [1.807, 2.05) is 49.4 Å². The largest absolute Gasteiger partial charge is 0.437 e. The number of nitrogens with zero attached hydrogens (tertiary/aromatic N) is 1. The van der Waals surface area contributed by atoms with Crippen molar-refractivity contribution in [3.63, 3.8) is 0 Å². The summed E-state index contributed by atoms with van der Waals surface area (Å²) in [4.78, 5) is 14.9. The van der Waals surface area contributed by atoms with Crippen LogP contribution in [-0.4, -0.2) is 80.4 Å². The molecule has 43 heavy (non-hydrogen) atoms. The van der Waals surface area contributed by atoms with Crippen molar-refractivity contribution in [3.8, 4) is 0 Å². The van der Waals surface area contributed by atoms with Crippen molar-refractivity contribution >= 4 is 38.5 Å². The summed E-state index contributed by atoms with van der Waals surface area (Å²) in [6, 6.07) is 18.2. The zero-order valence-corrected chi connectivity index (χ0v) is 24.9. The van der Waals surface area contributed by atoms with E-state index in [9.17, 15) is 38.4 Å².